The lowest BCUT2D eigenvalue weighted by Crippen LogP contribution is -1.92. The van der Waals surface area contributed by atoms with Gasteiger partial charge in [0.1, 0.15) is 5.82 Å². The Bertz CT molecular complexity index is 476. The Morgan fingerprint density at radius 2 is 2.19 bits per heavy atom. The Labute approximate surface area is 90.3 Å². The Balaban J connectivity index is 3.16. The number of aliphatic hydroxyl groups is 1. The zero-order valence-electron chi connectivity index (χ0n) is 8.11. The van der Waals surface area contributed by atoms with Gasteiger partial charge in [-0.1, -0.05) is 11.8 Å². The van der Waals surface area contributed by atoms with Crippen molar-refractivity contribution in [2.24, 2.45) is 0 Å². The first-order chi connectivity index (χ1) is 7.56. The van der Waals surface area contributed by atoms with Crippen LogP contribution in [0.25, 0.3) is 0 Å². The molecule has 1 rings (SSSR count). The lowest BCUT2D eigenvalue weighted by Gasteiger charge is -1.98. The van der Waals surface area contributed by atoms with Crippen LogP contribution in [0.1, 0.15) is 12.0 Å². The number of phenols is 1. The number of nitrogens with zero attached hydrogens (tertiary/aromatic N) is 1. The Morgan fingerprint density at radius 1 is 1.50 bits per heavy atom. The van der Waals surface area contributed by atoms with Gasteiger partial charge < -0.3 is 10.2 Å². The molecule has 1 aromatic rings. The molecule has 0 unspecified atom stereocenters. The SMILES string of the molecule is O=[N+]([O-])c1cc(C#CCCO)c(F)cc1O. The molecule has 0 saturated carbocycles. The third-order valence-electron chi connectivity index (χ3n) is 1.72. The first kappa shape index (κ1) is 11.9. The molecular weight excluding hydrogens is 217 g/mol. The van der Waals surface area contributed by atoms with Crippen molar-refractivity contribution in [2.45, 2.75) is 6.42 Å². The Kier molecular flexibility index (Phi) is 3.80. The van der Waals surface area contributed by atoms with Gasteiger partial charge in [-0.3, -0.25) is 10.1 Å². The number of benzene rings is 1. The van der Waals surface area contributed by atoms with Gasteiger partial charge in [0.05, 0.1) is 17.1 Å². The van der Waals surface area contributed by atoms with E-state index in [2.05, 4.69) is 11.8 Å². The van der Waals surface area contributed by atoms with Crippen molar-refractivity contribution in [3.63, 3.8) is 0 Å². The fourth-order valence-electron chi connectivity index (χ4n) is 1.01. The van der Waals surface area contributed by atoms with Gasteiger partial charge in [0.15, 0.2) is 5.75 Å². The Hall–Kier alpha value is -2.13. The van der Waals surface area contributed by atoms with Crippen LogP contribution >= 0.6 is 0 Å². The van der Waals surface area contributed by atoms with Crippen molar-refractivity contribution in [1.29, 1.82) is 0 Å². The second-order valence-corrected chi connectivity index (χ2v) is 2.85. The van der Waals surface area contributed by atoms with E-state index in [1.54, 1.807) is 0 Å². The zero-order valence-corrected chi connectivity index (χ0v) is 8.11. The summed E-state index contributed by atoms with van der Waals surface area (Å²) in [4.78, 5) is 9.62. The van der Waals surface area contributed by atoms with Crippen molar-refractivity contribution in [2.75, 3.05) is 6.61 Å². The molecule has 0 saturated heterocycles. The summed E-state index contributed by atoms with van der Waals surface area (Å²) in [6.45, 7) is -0.172. The Morgan fingerprint density at radius 3 is 2.75 bits per heavy atom. The molecule has 6 heteroatoms. The van der Waals surface area contributed by atoms with Crippen molar-refractivity contribution >= 4 is 5.69 Å². The van der Waals surface area contributed by atoms with Gasteiger partial charge >= 0.3 is 5.69 Å². The standard InChI is InChI=1S/C10H8FNO4/c11-8-6-10(14)9(12(15)16)5-7(8)3-1-2-4-13/h5-6,13-14H,2,4H2. The fourth-order valence-corrected chi connectivity index (χ4v) is 1.01. The molecule has 0 amide bonds. The van der Waals surface area contributed by atoms with Crippen LogP contribution in [0.5, 0.6) is 5.75 Å². The van der Waals surface area contributed by atoms with Crippen LogP contribution < -0.4 is 0 Å². The summed E-state index contributed by atoms with van der Waals surface area (Å²) in [5.41, 5.74) is -0.785. The van der Waals surface area contributed by atoms with E-state index in [-0.39, 0.29) is 18.6 Å². The van der Waals surface area contributed by atoms with E-state index in [1.807, 2.05) is 0 Å². The number of halogens is 1. The van der Waals surface area contributed by atoms with E-state index in [9.17, 15) is 14.5 Å². The quantitative estimate of drug-likeness (QED) is 0.449. The normalized spacial score (nSPS) is 9.38. The van der Waals surface area contributed by atoms with Gasteiger partial charge in [-0.15, -0.1) is 0 Å². The number of phenolic OH excluding ortho intramolecular Hbond substituents is 1. The number of aliphatic hydroxyl groups excluding tert-OH is 1. The smallest absolute Gasteiger partial charge is 0.312 e. The molecule has 0 aliphatic carbocycles. The summed E-state index contributed by atoms with van der Waals surface area (Å²) in [6.07, 6.45) is 0.147. The van der Waals surface area contributed by atoms with Crippen molar-refractivity contribution in [1.82, 2.24) is 0 Å². The minimum atomic E-state index is -0.839. The number of nitro benzene ring substituents is 1. The highest BCUT2D eigenvalue weighted by Crippen LogP contribution is 2.28. The lowest BCUT2D eigenvalue weighted by atomic mass is 10.1. The molecule has 0 spiro atoms. The molecule has 1 aromatic carbocycles. The molecular formula is C10H8FNO4. The van der Waals surface area contributed by atoms with Crippen molar-refractivity contribution < 1.29 is 19.5 Å². The summed E-state index contributed by atoms with van der Waals surface area (Å²) < 4.78 is 13.2. The summed E-state index contributed by atoms with van der Waals surface area (Å²) in [6, 6.07) is 1.50. The molecule has 0 aromatic heterocycles. The van der Waals surface area contributed by atoms with Crippen LogP contribution in [-0.2, 0) is 0 Å². The molecule has 0 bridgehead atoms. The van der Waals surface area contributed by atoms with Crippen molar-refractivity contribution in [3.8, 4) is 17.6 Å². The predicted molar refractivity (Wildman–Crippen MR) is 53.3 cm³/mol. The third-order valence-corrected chi connectivity index (χ3v) is 1.72. The van der Waals surface area contributed by atoms with Crippen LogP contribution in [0.3, 0.4) is 0 Å². The summed E-state index contributed by atoms with van der Waals surface area (Å²) in [5, 5.41) is 28.0. The first-order valence-corrected chi connectivity index (χ1v) is 4.33. The average Bonchev–Trinajstić information content (AvgIpc) is 2.21. The second kappa shape index (κ2) is 5.09. The van der Waals surface area contributed by atoms with Crippen LogP contribution in [-0.4, -0.2) is 21.7 Å². The number of aromatic hydroxyl groups is 1. The monoisotopic (exact) mass is 225 g/mol. The van der Waals surface area contributed by atoms with Crippen LogP contribution in [0.4, 0.5) is 10.1 Å². The summed E-state index contributed by atoms with van der Waals surface area (Å²) in [7, 11) is 0. The van der Waals surface area contributed by atoms with E-state index in [0.29, 0.717) is 6.07 Å². The minimum absolute atomic E-state index is 0.147. The van der Waals surface area contributed by atoms with Crippen LogP contribution in [0.2, 0.25) is 0 Å². The van der Waals surface area contributed by atoms with Gasteiger partial charge in [-0.2, -0.15) is 0 Å². The maximum atomic E-state index is 13.2. The number of hydrogen-bond donors (Lipinski definition) is 2. The van der Waals surface area contributed by atoms with Gasteiger partial charge in [-0.05, 0) is 0 Å². The molecule has 0 fully saturated rings. The van der Waals surface area contributed by atoms with E-state index in [4.69, 9.17) is 10.2 Å². The molecule has 0 radical (unpaired) electrons. The molecule has 0 aliphatic heterocycles. The largest absolute Gasteiger partial charge is 0.502 e. The molecule has 84 valence electrons. The van der Waals surface area contributed by atoms with E-state index in [0.717, 1.165) is 6.07 Å². The van der Waals surface area contributed by atoms with Gasteiger partial charge in [0.2, 0.25) is 0 Å². The van der Waals surface area contributed by atoms with E-state index >= 15 is 0 Å². The molecule has 2 N–H and O–H groups in total. The summed E-state index contributed by atoms with van der Waals surface area (Å²) >= 11 is 0. The average molecular weight is 225 g/mol. The second-order valence-electron chi connectivity index (χ2n) is 2.85. The highest BCUT2D eigenvalue weighted by atomic mass is 19.1. The van der Waals surface area contributed by atoms with Crippen LogP contribution in [0, 0.1) is 27.8 Å². The third kappa shape index (κ3) is 2.68. The first-order valence-electron chi connectivity index (χ1n) is 4.33. The maximum absolute atomic E-state index is 13.2. The molecule has 0 atom stereocenters. The topological polar surface area (TPSA) is 83.6 Å². The number of hydrogen-bond acceptors (Lipinski definition) is 4. The van der Waals surface area contributed by atoms with Gasteiger partial charge in [0, 0.05) is 18.6 Å². The fraction of sp³-hybridized carbons (Fsp3) is 0.200. The highest BCUT2D eigenvalue weighted by molar-refractivity contribution is 5.52. The highest BCUT2D eigenvalue weighted by Gasteiger charge is 2.16. The predicted octanol–water partition coefficient (Wildman–Crippen LogP) is 1.17. The number of nitro groups is 1. The number of rotatable bonds is 2. The van der Waals surface area contributed by atoms with Crippen LogP contribution in [0.15, 0.2) is 12.1 Å². The zero-order chi connectivity index (χ0) is 12.1. The molecule has 0 aliphatic rings. The van der Waals surface area contributed by atoms with E-state index < -0.39 is 22.2 Å². The maximum Gasteiger partial charge on any atom is 0.312 e. The van der Waals surface area contributed by atoms with Crippen molar-refractivity contribution in [3.05, 3.63) is 33.6 Å². The minimum Gasteiger partial charge on any atom is -0.502 e. The summed E-state index contributed by atoms with van der Waals surface area (Å²) in [5.74, 6) is 3.19. The lowest BCUT2D eigenvalue weighted by molar-refractivity contribution is -0.385. The molecule has 5 nitrogen and oxygen atoms in total. The van der Waals surface area contributed by atoms with E-state index in [1.165, 1.54) is 0 Å². The molecule has 16 heavy (non-hydrogen) atoms. The van der Waals surface area contributed by atoms with Gasteiger partial charge in [0.25, 0.3) is 0 Å². The molecule has 0 heterocycles. The van der Waals surface area contributed by atoms with Gasteiger partial charge in [-0.25, -0.2) is 4.39 Å².